The van der Waals surface area contributed by atoms with Gasteiger partial charge in [0.15, 0.2) is 5.11 Å². The van der Waals surface area contributed by atoms with Gasteiger partial charge in [0.05, 0.1) is 17.3 Å². The van der Waals surface area contributed by atoms with Crippen LogP contribution in [0.25, 0.3) is 0 Å². The van der Waals surface area contributed by atoms with Crippen molar-refractivity contribution < 1.29 is 31.5 Å². The van der Waals surface area contributed by atoms with Crippen LogP contribution < -0.4 is 20.7 Å². The molecule has 2 aromatic rings. The first-order valence-electron chi connectivity index (χ1n) is 8.84. The summed E-state index contributed by atoms with van der Waals surface area (Å²) in [6, 6.07) is 9.23. The van der Waals surface area contributed by atoms with Crippen molar-refractivity contribution in [2.75, 3.05) is 5.32 Å². The van der Waals surface area contributed by atoms with Crippen LogP contribution in [0.2, 0.25) is 0 Å². The van der Waals surface area contributed by atoms with Crippen molar-refractivity contribution in [3.8, 4) is 5.75 Å². The third kappa shape index (κ3) is 5.29. The summed E-state index contributed by atoms with van der Waals surface area (Å²) < 4.78 is 68.8. The Morgan fingerprint density at radius 1 is 1.13 bits per heavy atom. The van der Waals surface area contributed by atoms with E-state index in [1.54, 1.807) is 0 Å². The molecule has 2 aromatic carbocycles. The highest BCUT2D eigenvalue weighted by Gasteiger charge is 2.38. The molecule has 5 nitrogen and oxygen atoms in total. The number of hydrogen-bond acceptors (Lipinski definition) is 3. The molecule has 3 rings (SSSR count). The highest BCUT2D eigenvalue weighted by atomic mass is 32.1. The number of halogens is 5. The molecule has 0 radical (unpaired) electrons. The van der Waals surface area contributed by atoms with E-state index in [1.165, 1.54) is 36.4 Å². The number of carbonyl (C=O) groups is 1. The van der Waals surface area contributed by atoms with Crippen molar-refractivity contribution in [2.24, 2.45) is 5.92 Å². The first kappa shape index (κ1) is 22.5. The fourth-order valence-corrected chi connectivity index (χ4v) is 3.44. The molecule has 1 amide bonds. The third-order valence-electron chi connectivity index (χ3n) is 4.51. The van der Waals surface area contributed by atoms with E-state index < -0.39 is 41.9 Å². The molecule has 0 spiro atoms. The van der Waals surface area contributed by atoms with Crippen molar-refractivity contribution in [1.82, 2.24) is 10.6 Å². The van der Waals surface area contributed by atoms with Gasteiger partial charge >= 0.3 is 12.8 Å². The van der Waals surface area contributed by atoms with Crippen LogP contribution in [-0.2, 0) is 11.0 Å². The first-order valence-corrected chi connectivity index (χ1v) is 9.25. The lowest BCUT2D eigenvalue weighted by atomic mass is 9.88. The number of hydrogen-bond donors (Lipinski definition) is 3. The van der Waals surface area contributed by atoms with Crippen molar-refractivity contribution in [1.29, 1.82) is 0 Å². The SMILES string of the molecule is C=C1NC(=S)N[C@H](c2ccc(OC(F)F)cc2)[C@H]1C(=O)Nc1ccccc1C(F)(F)F. The van der Waals surface area contributed by atoms with Crippen LogP contribution in [0, 0.1) is 5.92 Å². The maximum Gasteiger partial charge on any atom is 0.418 e. The Hall–Kier alpha value is -3.21. The molecule has 1 saturated heterocycles. The van der Waals surface area contributed by atoms with E-state index in [4.69, 9.17) is 12.2 Å². The highest BCUT2D eigenvalue weighted by molar-refractivity contribution is 7.80. The number of ether oxygens (including phenoxy) is 1. The van der Waals surface area contributed by atoms with Gasteiger partial charge in [0, 0.05) is 5.70 Å². The smallest absolute Gasteiger partial charge is 0.418 e. The molecule has 164 valence electrons. The maximum absolute atomic E-state index is 13.3. The van der Waals surface area contributed by atoms with E-state index in [1.807, 2.05) is 0 Å². The molecule has 0 aliphatic carbocycles. The summed E-state index contributed by atoms with van der Waals surface area (Å²) in [6.07, 6.45) is -4.66. The van der Waals surface area contributed by atoms with E-state index in [0.29, 0.717) is 5.56 Å². The Morgan fingerprint density at radius 3 is 2.39 bits per heavy atom. The molecular weight excluding hydrogens is 441 g/mol. The van der Waals surface area contributed by atoms with Crippen LogP contribution in [0.15, 0.2) is 60.8 Å². The Kier molecular flexibility index (Phi) is 6.44. The molecule has 0 aromatic heterocycles. The Bertz CT molecular complexity index is 995. The lowest BCUT2D eigenvalue weighted by molar-refractivity contribution is -0.137. The quantitative estimate of drug-likeness (QED) is 0.453. The molecule has 0 bridgehead atoms. The van der Waals surface area contributed by atoms with E-state index in [-0.39, 0.29) is 16.6 Å². The van der Waals surface area contributed by atoms with E-state index in [0.717, 1.165) is 12.1 Å². The first-order chi connectivity index (χ1) is 14.6. The van der Waals surface area contributed by atoms with E-state index in [2.05, 4.69) is 27.3 Å². The van der Waals surface area contributed by atoms with Crippen LogP contribution >= 0.6 is 12.2 Å². The summed E-state index contributed by atoms with van der Waals surface area (Å²) >= 11 is 5.09. The minimum atomic E-state index is -4.66. The number of thiocarbonyl (C=S) groups is 1. The predicted octanol–water partition coefficient (Wildman–Crippen LogP) is 4.59. The predicted molar refractivity (Wildman–Crippen MR) is 107 cm³/mol. The molecule has 11 heteroatoms. The van der Waals surface area contributed by atoms with Gasteiger partial charge in [-0.05, 0) is 42.0 Å². The standard InChI is InChI=1S/C20H16F5N3O2S/c1-10-15(17(29)27-14-5-3-2-4-13(14)20(23,24)25)16(28-19(31)26-10)11-6-8-12(9-7-11)30-18(21)22/h2-9,15-16,18H,1H2,(H,27,29)(H2,26,28,31)/t15-,16+/m0/s1. The van der Waals surface area contributed by atoms with Gasteiger partial charge in [0.1, 0.15) is 11.7 Å². The number of benzene rings is 2. The molecule has 31 heavy (non-hydrogen) atoms. The maximum atomic E-state index is 13.3. The zero-order valence-electron chi connectivity index (χ0n) is 15.7. The summed E-state index contributed by atoms with van der Waals surface area (Å²) in [5.41, 5.74) is -0.758. The topological polar surface area (TPSA) is 62.4 Å². The van der Waals surface area contributed by atoms with Crippen LogP contribution in [0.3, 0.4) is 0 Å². The lowest BCUT2D eigenvalue weighted by Crippen LogP contribution is -2.51. The number of para-hydroxylation sites is 1. The largest absolute Gasteiger partial charge is 0.435 e. The Morgan fingerprint density at radius 2 is 1.77 bits per heavy atom. The van der Waals surface area contributed by atoms with Crippen molar-refractivity contribution in [2.45, 2.75) is 18.8 Å². The normalized spacial score (nSPS) is 18.9. The molecule has 1 fully saturated rings. The summed E-state index contributed by atoms with van der Waals surface area (Å²) in [5.74, 6) is -1.91. The van der Waals surface area contributed by atoms with Crippen molar-refractivity contribution in [3.63, 3.8) is 0 Å². The molecule has 1 aliphatic rings. The van der Waals surface area contributed by atoms with Crippen LogP contribution in [0.1, 0.15) is 17.2 Å². The number of alkyl halides is 5. The molecular formula is C20H16F5N3O2S. The second kappa shape index (κ2) is 8.88. The van der Waals surface area contributed by atoms with E-state index >= 15 is 0 Å². The zero-order chi connectivity index (χ0) is 22.8. The van der Waals surface area contributed by atoms with Crippen LogP contribution in [0.5, 0.6) is 5.75 Å². The van der Waals surface area contributed by atoms with Gasteiger partial charge in [-0.1, -0.05) is 30.8 Å². The van der Waals surface area contributed by atoms with Gasteiger partial charge in [-0.15, -0.1) is 0 Å². The summed E-state index contributed by atoms with van der Waals surface area (Å²) in [7, 11) is 0. The van der Waals surface area contributed by atoms with Gasteiger partial charge < -0.3 is 20.7 Å². The van der Waals surface area contributed by atoms with Crippen molar-refractivity contribution in [3.05, 3.63) is 71.9 Å². The minimum absolute atomic E-state index is 0.0887. The molecule has 0 unspecified atom stereocenters. The zero-order valence-corrected chi connectivity index (χ0v) is 16.5. The fraction of sp³-hybridized carbons (Fsp3) is 0.200. The van der Waals surface area contributed by atoms with Crippen molar-refractivity contribution >= 4 is 28.9 Å². The second-order valence-corrected chi connectivity index (χ2v) is 6.97. The number of carbonyl (C=O) groups excluding carboxylic acids is 1. The monoisotopic (exact) mass is 457 g/mol. The van der Waals surface area contributed by atoms with Gasteiger partial charge in [0.25, 0.3) is 0 Å². The molecule has 1 heterocycles. The van der Waals surface area contributed by atoms with Gasteiger partial charge in [0.2, 0.25) is 5.91 Å². The number of rotatable bonds is 5. The average molecular weight is 457 g/mol. The number of anilines is 1. The molecule has 0 saturated carbocycles. The lowest BCUT2D eigenvalue weighted by Gasteiger charge is -2.35. The van der Waals surface area contributed by atoms with E-state index in [9.17, 15) is 26.7 Å². The van der Waals surface area contributed by atoms with Gasteiger partial charge in [-0.2, -0.15) is 22.0 Å². The second-order valence-electron chi connectivity index (χ2n) is 6.56. The Balaban J connectivity index is 1.89. The molecule has 3 N–H and O–H groups in total. The van der Waals surface area contributed by atoms with Crippen LogP contribution in [-0.4, -0.2) is 17.6 Å². The fourth-order valence-electron chi connectivity index (χ4n) is 3.18. The summed E-state index contributed by atoms with van der Waals surface area (Å²) in [4.78, 5) is 13.0. The Labute approximate surface area is 179 Å². The molecule has 2 atom stereocenters. The summed E-state index contributed by atoms with van der Waals surface area (Å²) in [6.45, 7) is 0.769. The highest BCUT2D eigenvalue weighted by Crippen LogP contribution is 2.36. The van der Waals surface area contributed by atoms with Crippen LogP contribution in [0.4, 0.5) is 27.6 Å². The number of nitrogens with one attached hydrogen (secondary N) is 3. The average Bonchev–Trinajstić information content (AvgIpc) is 2.67. The summed E-state index contributed by atoms with van der Waals surface area (Å²) in [5, 5.41) is 8.03. The van der Waals surface area contributed by atoms with Gasteiger partial charge in [-0.3, -0.25) is 4.79 Å². The minimum Gasteiger partial charge on any atom is -0.435 e. The van der Waals surface area contributed by atoms with Gasteiger partial charge in [-0.25, -0.2) is 0 Å². The molecule has 1 aliphatic heterocycles. The number of amides is 1. The third-order valence-corrected chi connectivity index (χ3v) is 4.73.